The lowest BCUT2D eigenvalue weighted by molar-refractivity contribution is 0.230. The van der Waals surface area contributed by atoms with Crippen molar-refractivity contribution in [3.05, 3.63) is 42.0 Å². The summed E-state index contributed by atoms with van der Waals surface area (Å²) in [7, 11) is 0. The van der Waals surface area contributed by atoms with Crippen molar-refractivity contribution in [2.75, 3.05) is 13.1 Å². The molecule has 4 nitrogen and oxygen atoms in total. The van der Waals surface area contributed by atoms with E-state index in [1.165, 1.54) is 5.56 Å². The predicted molar refractivity (Wildman–Crippen MR) is 108 cm³/mol. The first-order chi connectivity index (χ1) is 10.7. The van der Waals surface area contributed by atoms with Gasteiger partial charge in [-0.05, 0) is 51.3 Å². The number of guanidine groups is 1. The zero-order valence-corrected chi connectivity index (χ0v) is 16.5. The maximum atomic E-state index is 5.92. The van der Waals surface area contributed by atoms with Crippen LogP contribution in [-0.4, -0.2) is 31.2 Å². The summed E-state index contributed by atoms with van der Waals surface area (Å²) in [5.74, 6) is 1.77. The van der Waals surface area contributed by atoms with Crippen molar-refractivity contribution in [2.45, 2.75) is 45.8 Å². The molecule has 0 spiro atoms. The van der Waals surface area contributed by atoms with Crippen LogP contribution in [0.25, 0.3) is 0 Å². The smallest absolute Gasteiger partial charge is 0.191 e. The molecule has 1 atom stereocenters. The van der Waals surface area contributed by atoms with E-state index in [1.54, 1.807) is 0 Å². The Morgan fingerprint density at radius 2 is 2.09 bits per heavy atom. The third-order valence-electron chi connectivity index (χ3n) is 3.53. The number of hydrogen-bond donors (Lipinski definition) is 2. The van der Waals surface area contributed by atoms with Crippen LogP contribution in [-0.2, 0) is 0 Å². The molecule has 0 bridgehead atoms. The minimum absolute atomic E-state index is 0. The van der Waals surface area contributed by atoms with Crippen LogP contribution in [0.1, 0.15) is 32.3 Å². The molecule has 0 fully saturated rings. The Balaban J connectivity index is 0.00000264. The number of nitrogens with zero attached hydrogens (tertiary/aromatic N) is 1. The summed E-state index contributed by atoms with van der Waals surface area (Å²) in [6, 6.07) is 8.58. The van der Waals surface area contributed by atoms with Gasteiger partial charge in [-0.2, -0.15) is 0 Å². The second kappa shape index (κ2) is 10.5. The van der Waals surface area contributed by atoms with Crippen molar-refractivity contribution < 1.29 is 4.74 Å². The van der Waals surface area contributed by atoms with E-state index < -0.39 is 0 Å². The minimum atomic E-state index is 0. The monoisotopic (exact) mass is 429 g/mol. The molecule has 0 radical (unpaired) electrons. The van der Waals surface area contributed by atoms with Crippen LogP contribution < -0.4 is 15.4 Å². The van der Waals surface area contributed by atoms with Gasteiger partial charge in [-0.1, -0.05) is 24.3 Å². The molecule has 1 aromatic carbocycles. The largest absolute Gasteiger partial charge is 0.489 e. The van der Waals surface area contributed by atoms with Crippen LogP contribution in [0.3, 0.4) is 0 Å². The van der Waals surface area contributed by atoms with Crippen molar-refractivity contribution in [2.24, 2.45) is 4.99 Å². The van der Waals surface area contributed by atoms with Crippen molar-refractivity contribution in [1.29, 1.82) is 0 Å². The van der Waals surface area contributed by atoms with Crippen molar-refractivity contribution in [3.8, 4) is 5.75 Å². The number of halogens is 1. The van der Waals surface area contributed by atoms with Crippen molar-refractivity contribution in [1.82, 2.24) is 10.6 Å². The molecule has 1 aliphatic carbocycles. The van der Waals surface area contributed by atoms with Crippen LogP contribution >= 0.6 is 24.0 Å². The molecule has 0 aliphatic heterocycles. The van der Waals surface area contributed by atoms with Crippen LogP contribution in [0.2, 0.25) is 0 Å². The molecule has 2 rings (SSSR count). The number of nitrogens with one attached hydrogen (secondary N) is 2. The highest BCUT2D eigenvalue weighted by molar-refractivity contribution is 14.0. The highest BCUT2D eigenvalue weighted by atomic mass is 127. The maximum absolute atomic E-state index is 5.92. The Bertz CT molecular complexity index is 523. The lowest BCUT2D eigenvalue weighted by atomic mass is 10.2. The minimum Gasteiger partial charge on any atom is -0.489 e. The Labute approximate surface area is 156 Å². The summed E-state index contributed by atoms with van der Waals surface area (Å²) in [5.41, 5.74) is 1.21. The van der Waals surface area contributed by atoms with Gasteiger partial charge < -0.3 is 15.4 Å². The average molecular weight is 429 g/mol. The van der Waals surface area contributed by atoms with Gasteiger partial charge in [0.15, 0.2) is 5.96 Å². The van der Waals surface area contributed by atoms with Crippen molar-refractivity contribution >= 4 is 29.9 Å². The first-order valence-corrected chi connectivity index (χ1v) is 8.10. The normalized spacial score (nSPS) is 15.9. The molecule has 128 valence electrons. The second-order valence-electron chi connectivity index (χ2n) is 5.75. The maximum Gasteiger partial charge on any atom is 0.191 e. The molecule has 1 aromatic rings. The van der Waals surface area contributed by atoms with E-state index in [-0.39, 0.29) is 30.1 Å². The molecule has 0 saturated heterocycles. The summed E-state index contributed by atoms with van der Waals surface area (Å²) in [4.78, 5) is 4.64. The van der Waals surface area contributed by atoms with Gasteiger partial charge in [0.1, 0.15) is 11.9 Å². The predicted octanol–water partition coefficient (Wildman–Crippen LogP) is 3.65. The Morgan fingerprint density at radius 3 is 2.74 bits per heavy atom. The summed E-state index contributed by atoms with van der Waals surface area (Å²) < 4.78 is 5.92. The number of ether oxygens (including phenoxy) is 1. The first-order valence-electron chi connectivity index (χ1n) is 8.10. The quantitative estimate of drug-likeness (QED) is 0.314. The van der Waals surface area contributed by atoms with Gasteiger partial charge in [0.2, 0.25) is 0 Å². The fourth-order valence-corrected chi connectivity index (χ4v) is 2.43. The van der Waals surface area contributed by atoms with Crippen LogP contribution in [0.5, 0.6) is 5.75 Å². The van der Waals surface area contributed by atoms with Crippen molar-refractivity contribution in [3.63, 3.8) is 0 Å². The van der Waals surface area contributed by atoms with E-state index in [1.807, 2.05) is 25.1 Å². The van der Waals surface area contributed by atoms with Gasteiger partial charge in [0, 0.05) is 12.6 Å². The molecule has 1 aliphatic rings. The molecule has 2 N–H and O–H groups in total. The zero-order valence-electron chi connectivity index (χ0n) is 14.2. The fourth-order valence-electron chi connectivity index (χ4n) is 2.43. The number of aryl methyl sites for hydroxylation is 1. The summed E-state index contributed by atoms with van der Waals surface area (Å²) in [5, 5.41) is 6.76. The van der Waals surface area contributed by atoms with Gasteiger partial charge in [-0.15, -0.1) is 24.0 Å². The number of benzene rings is 1. The lowest BCUT2D eigenvalue weighted by Crippen LogP contribution is -2.43. The summed E-state index contributed by atoms with van der Waals surface area (Å²) >= 11 is 0. The topological polar surface area (TPSA) is 45.7 Å². The molecular formula is C18H28IN3O. The summed E-state index contributed by atoms with van der Waals surface area (Å²) in [6.45, 7) is 7.68. The first kappa shape index (κ1) is 19.8. The molecule has 0 amide bonds. The van der Waals surface area contributed by atoms with E-state index in [4.69, 9.17) is 4.74 Å². The fraction of sp³-hybridized carbons (Fsp3) is 0.500. The van der Waals surface area contributed by atoms with Crippen LogP contribution in [0.15, 0.2) is 41.4 Å². The van der Waals surface area contributed by atoms with E-state index in [0.717, 1.165) is 31.1 Å². The highest BCUT2D eigenvalue weighted by Gasteiger charge is 2.12. The van der Waals surface area contributed by atoms with Crippen LogP contribution in [0.4, 0.5) is 0 Å². The highest BCUT2D eigenvalue weighted by Crippen LogP contribution is 2.14. The average Bonchev–Trinajstić information content (AvgIpc) is 2.98. The van der Waals surface area contributed by atoms with Gasteiger partial charge in [-0.25, -0.2) is 4.99 Å². The molecule has 5 heteroatoms. The van der Waals surface area contributed by atoms with Crippen LogP contribution in [0, 0.1) is 6.92 Å². The Hall–Kier alpha value is -1.24. The number of rotatable bonds is 6. The number of aliphatic imine (C=N–C) groups is 1. The molecule has 0 saturated carbocycles. The standard InChI is InChI=1S/C18H27N3O.HI/c1-4-19-18(21-16-9-5-6-10-16)20-13-15(3)22-17-11-7-8-14(2)12-17;/h5-8,11-12,15-16H,4,9-10,13H2,1-3H3,(H2,19,20,21);1H. The summed E-state index contributed by atoms with van der Waals surface area (Å²) in [6.07, 6.45) is 6.61. The van der Waals surface area contributed by atoms with E-state index in [0.29, 0.717) is 12.6 Å². The Morgan fingerprint density at radius 1 is 1.35 bits per heavy atom. The molecule has 0 heterocycles. The SMILES string of the molecule is CCNC(=NCC(C)Oc1cccc(C)c1)NC1CC=CC1.I. The van der Waals surface area contributed by atoms with E-state index in [2.05, 4.69) is 47.7 Å². The number of hydrogen-bond acceptors (Lipinski definition) is 2. The second-order valence-corrected chi connectivity index (χ2v) is 5.75. The Kier molecular flexibility index (Phi) is 9.06. The molecular weight excluding hydrogens is 401 g/mol. The van der Waals surface area contributed by atoms with Gasteiger partial charge >= 0.3 is 0 Å². The van der Waals surface area contributed by atoms with Gasteiger partial charge in [0.25, 0.3) is 0 Å². The molecule has 0 aromatic heterocycles. The van der Waals surface area contributed by atoms with E-state index in [9.17, 15) is 0 Å². The van der Waals surface area contributed by atoms with E-state index >= 15 is 0 Å². The third kappa shape index (κ3) is 7.24. The zero-order chi connectivity index (χ0) is 15.8. The molecule has 23 heavy (non-hydrogen) atoms. The third-order valence-corrected chi connectivity index (χ3v) is 3.53. The van der Waals surface area contributed by atoms with Gasteiger partial charge in [0.05, 0.1) is 6.54 Å². The van der Waals surface area contributed by atoms with Gasteiger partial charge in [-0.3, -0.25) is 0 Å². The molecule has 1 unspecified atom stereocenters. The lowest BCUT2D eigenvalue weighted by Gasteiger charge is -2.18.